The molecule has 1 aliphatic carbocycles. The van der Waals surface area contributed by atoms with E-state index in [1.165, 1.54) is 4.90 Å². The molecular weight excluding hydrogens is 316 g/mol. The summed E-state index contributed by atoms with van der Waals surface area (Å²) in [4.78, 5) is 26.7. The Balaban J connectivity index is 1.65. The summed E-state index contributed by atoms with van der Waals surface area (Å²) in [6.45, 7) is 9.08. The molecular formula is C20H28N2O3. The Kier molecular flexibility index (Phi) is 4.52. The summed E-state index contributed by atoms with van der Waals surface area (Å²) in [5.74, 6) is 1.08. The highest BCUT2D eigenvalue weighted by Crippen LogP contribution is 2.46. The van der Waals surface area contributed by atoms with Crippen molar-refractivity contribution in [2.24, 2.45) is 11.3 Å². The van der Waals surface area contributed by atoms with E-state index < -0.39 is 5.54 Å². The van der Waals surface area contributed by atoms with Gasteiger partial charge in [-0.2, -0.15) is 0 Å². The van der Waals surface area contributed by atoms with Gasteiger partial charge in [-0.1, -0.05) is 32.9 Å². The fraction of sp³-hybridized carbons (Fsp3) is 0.600. The van der Waals surface area contributed by atoms with Crippen LogP contribution in [-0.2, 0) is 4.79 Å². The molecule has 0 aromatic heterocycles. The van der Waals surface area contributed by atoms with Crippen molar-refractivity contribution in [1.82, 2.24) is 10.2 Å². The molecule has 25 heavy (non-hydrogen) atoms. The third kappa shape index (κ3) is 3.65. The van der Waals surface area contributed by atoms with Gasteiger partial charge in [-0.25, -0.2) is 4.79 Å². The van der Waals surface area contributed by atoms with Gasteiger partial charge >= 0.3 is 6.03 Å². The molecule has 1 heterocycles. The zero-order valence-corrected chi connectivity index (χ0v) is 15.6. The Morgan fingerprint density at radius 3 is 2.72 bits per heavy atom. The first-order chi connectivity index (χ1) is 11.7. The summed E-state index contributed by atoms with van der Waals surface area (Å²) in [6, 6.07) is 7.46. The number of hydrogen-bond donors (Lipinski definition) is 1. The van der Waals surface area contributed by atoms with E-state index in [1.54, 1.807) is 0 Å². The van der Waals surface area contributed by atoms with E-state index in [-0.39, 0.29) is 23.9 Å². The second-order valence-corrected chi connectivity index (χ2v) is 8.49. The van der Waals surface area contributed by atoms with Gasteiger partial charge in [-0.05, 0) is 55.2 Å². The second-order valence-electron chi connectivity index (χ2n) is 8.49. The molecule has 1 spiro atoms. The number of amides is 3. The highest BCUT2D eigenvalue weighted by Gasteiger charge is 2.55. The fourth-order valence-corrected chi connectivity index (χ4v) is 4.67. The van der Waals surface area contributed by atoms with E-state index >= 15 is 0 Å². The quantitative estimate of drug-likeness (QED) is 0.850. The van der Waals surface area contributed by atoms with Crippen LogP contribution in [0.4, 0.5) is 4.79 Å². The van der Waals surface area contributed by atoms with Crippen LogP contribution in [0.5, 0.6) is 5.75 Å². The number of hydrogen-bond acceptors (Lipinski definition) is 3. The summed E-state index contributed by atoms with van der Waals surface area (Å²) in [6.07, 6.45) is 2.49. The van der Waals surface area contributed by atoms with Crippen molar-refractivity contribution in [2.45, 2.75) is 52.5 Å². The molecule has 1 aliphatic heterocycles. The lowest BCUT2D eigenvalue weighted by Crippen LogP contribution is -2.54. The maximum Gasteiger partial charge on any atom is 0.325 e. The molecule has 1 aromatic rings. The van der Waals surface area contributed by atoms with Gasteiger partial charge in [0.1, 0.15) is 17.9 Å². The zero-order valence-electron chi connectivity index (χ0n) is 15.6. The van der Waals surface area contributed by atoms with Gasteiger partial charge in [0, 0.05) is 0 Å². The minimum Gasteiger partial charge on any atom is -0.492 e. The van der Waals surface area contributed by atoms with Crippen molar-refractivity contribution in [3.63, 3.8) is 0 Å². The van der Waals surface area contributed by atoms with Gasteiger partial charge in [-0.15, -0.1) is 0 Å². The van der Waals surface area contributed by atoms with E-state index in [0.717, 1.165) is 24.2 Å². The zero-order chi connectivity index (χ0) is 18.2. The van der Waals surface area contributed by atoms with Gasteiger partial charge in [0.05, 0.1) is 6.54 Å². The molecule has 0 bridgehead atoms. The first kappa shape index (κ1) is 17.8. The van der Waals surface area contributed by atoms with Gasteiger partial charge in [0.25, 0.3) is 5.91 Å². The molecule has 5 nitrogen and oxygen atoms in total. The van der Waals surface area contributed by atoms with E-state index in [1.807, 2.05) is 31.2 Å². The van der Waals surface area contributed by atoms with Crippen LogP contribution in [0.1, 0.15) is 45.6 Å². The lowest BCUT2D eigenvalue weighted by Gasteiger charge is -2.43. The number of benzene rings is 1. The number of rotatable bonds is 4. The maximum absolute atomic E-state index is 13.0. The lowest BCUT2D eigenvalue weighted by atomic mass is 9.64. The van der Waals surface area contributed by atoms with Crippen molar-refractivity contribution in [3.8, 4) is 5.75 Å². The van der Waals surface area contributed by atoms with E-state index in [0.29, 0.717) is 18.9 Å². The molecule has 1 N–H and O–H groups in total. The first-order valence-corrected chi connectivity index (χ1v) is 9.04. The molecule has 2 atom stereocenters. The Bertz CT molecular complexity index is 685. The molecule has 1 aromatic carbocycles. The lowest BCUT2D eigenvalue weighted by molar-refractivity contribution is -0.135. The van der Waals surface area contributed by atoms with Crippen LogP contribution in [0, 0.1) is 18.3 Å². The number of urea groups is 1. The van der Waals surface area contributed by atoms with Crippen molar-refractivity contribution in [1.29, 1.82) is 0 Å². The van der Waals surface area contributed by atoms with E-state index in [2.05, 4.69) is 26.1 Å². The van der Waals surface area contributed by atoms with Crippen molar-refractivity contribution in [2.75, 3.05) is 13.2 Å². The van der Waals surface area contributed by atoms with Crippen LogP contribution in [0.15, 0.2) is 24.3 Å². The predicted molar refractivity (Wildman–Crippen MR) is 96.4 cm³/mol. The molecule has 3 amide bonds. The minimum atomic E-state index is -0.735. The standard InChI is InChI=1S/C20H28N2O3/c1-14-6-5-7-16(10-14)25-9-8-22-17(23)20(21-18(22)24)12-15(2)11-19(3,4)13-20/h5-7,10,15H,8-9,11-13H2,1-4H3,(H,21,24)/t15-,20-/m1/s1. The monoisotopic (exact) mass is 344 g/mol. The van der Waals surface area contributed by atoms with E-state index in [9.17, 15) is 9.59 Å². The SMILES string of the molecule is Cc1cccc(OCCN2C(=O)N[C@@]3(C[C@H](C)CC(C)(C)C3)C2=O)c1. The average Bonchev–Trinajstić information content (AvgIpc) is 2.68. The average molecular weight is 344 g/mol. The number of nitrogens with zero attached hydrogens (tertiary/aromatic N) is 1. The maximum atomic E-state index is 13.0. The number of imide groups is 1. The molecule has 5 heteroatoms. The van der Waals surface area contributed by atoms with Crippen molar-refractivity contribution < 1.29 is 14.3 Å². The van der Waals surface area contributed by atoms with Crippen LogP contribution in [0.2, 0.25) is 0 Å². The normalized spacial score (nSPS) is 28.3. The Morgan fingerprint density at radius 2 is 2.04 bits per heavy atom. The number of carbonyl (C=O) groups is 2. The van der Waals surface area contributed by atoms with Crippen molar-refractivity contribution >= 4 is 11.9 Å². The molecule has 0 radical (unpaired) electrons. The van der Waals surface area contributed by atoms with Crippen molar-refractivity contribution in [3.05, 3.63) is 29.8 Å². The summed E-state index contributed by atoms with van der Waals surface area (Å²) in [7, 11) is 0. The predicted octanol–water partition coefficient (Wildman–Crippen LogP) is 3.51. The molecule has 136 valence electrons. The number of aryl methyl sites for hydroxylation is 1. The Morgan fingerprint density at radius 1 is 1.28 bits per heavy atom. The number of ether oxygens (including phenoxy) is 1. The van der Waals surface area contributed by atoms with Gasteiger partial charge in [-0.3, -0.25) is 9.69 Å². The molecule has 1 saturated carbocycles. The molecule has 2 fully saturated rings. The Hall–Kier alpha value is -2.04. The molecule has 3 rings (SSSR count). The summed E-state index contributed by atoms with van der Waals surface area (Å²) in [5, 5.41) is 2.99. The van der Waals surface area contributed by atoms with Crippen LogP contribution in [0.25, 0.3) is 0 Å². The number of nitrogens with one attached hydrogen (secondary N) is 1. The topological polar surface area (TPSA) is 58.6 Å². The number of carbonyl (C=O) groups excluding carboxylic acids is 2. The van der Waals surface area contributed by atoms with Crippen LogP contribution < -0.4 is 10.1 Å². The molecule has 1 saturated heterocycles. The van der Waals surface area contributed by atoms with Gasteiger partial charge in [0.15, 0.2) is 0 Å². The Labute approximate surface area is 149 Å². The third-order valence-electron chi connectivity index (χ3n) is 5.20. The van der Waals surface area contributed by atoms with Crippen LogP contribution >= 0.6 is 0 Å². The third-order valence-corrected chi connectivity index (χ3v) is 5.20. The minimum absolute atomic E-state index is 0.0503. The summed E-state index contributed by atoms with van der Waals surface area (Å²) < 4.78 is 5.71. The first-order valence-electron chi connectivity index (χ1n) is 9.04. The largest absolute Gasteiger partial charge is 0.492 e. The van der Waals surface area contributed by atoms with E-state index in [4.69, 9.17) is 4.74 Å². The summed E-state index contributed by atoms with van der Waals surface area (Å²) >= 11 is 0. The van der Waals surface area contributed by atoms with Gasteiger partial charge in [0.2, 0.25) is 0 Å². The molecule has 2 aliphatic rings. The molecule has 0 unspecified atom stereocenters. The van der Waals surface area contributed by atoms with Crippen LogP contribution in [-0.4, -0.2) is 35.5 Å². The second kappa shape index (κ2) is 6.36. The summed E-state index contributed by atoms with van der Waals surface area (Å²) in [5.41, 5.74) is 0.431. The fourth-order valence-electron chi connectivity index (χ4n) is 4.67. The smallest absolute Gasteiger partial charge is 0.325 e. The highest BCUT2D eigenvalue weighted by atomic mass is 16.5. The highest BCUT2D eigenvalue weighted by molar-refractivity contribution is 6.07. The van der Waals surface area contributed by atoms with Crippen LogP contribution in [0.3, 0.4) is 0 Å². The van der Waals surface area contributed by atoms with Gasteiger partial charge < -0.3 is 10.1 Å².